The van der Waals surface area contributed by atoms with E-state index in [1.165, 1.54) is 0 Å². The van der Waals surface area contributed by atoms with Crippen LogP contribution in [0.3, 0.4) is 0 Å². The molecule has 2 N–H and O–H groups in total. The molecule has 2 rings (SSSR count). The third kappa shape index (κ3) is 6.45. The van der Waals surface area contributed by atoms with Gasteiger partial charge in [-0.15, -0.1) is 11.3 Å². The molecule has 0 aromatic carbocycles. The first kappa shape index (κ1) is 18.2. The molecule has 2 heterocycles. The number of carbonyl (C=O) groups is 1. The maximum atomic E-state index is 12.0. The van der Waals surface area contributed by atoms with Crippen LogP contribution in [0.25, 0.3) is 0 Å². The topological polar surface area (TPSA) is 66.5 Å². The Morgan fingerprint density at radius 3 is 2.74 bits per heavy atom. The van der Waals surface area contributed by atoms with Crippen molar-refractivity contribution in [1.29, 1.82) is 0 Å². The third-order valence-electron chi connectivity index (χ3n) is 3.87. The predicted molar refractivity (Wildman–Crippen MR) is 92.7 cm³/mol. The van der Waals surface area contributed by atoms with Gasteiger partial charge in [0.15, 0.2) is 0 Å². The minimum atomic E-state index is -0.125. The Kier molecular flexibility index (Phi) is 7.26. The molecule has 1 aliphatic rings. The van der Waals surface area contributed by atoms with Crippen LogP contribution >= 0.6 is 11.3 Å². The monoisotopic (exact) mass is 340 g/mol. The molecular formula is C16H28N4O2S. The lowest BCUT2D eigenvalue weighted by atomic mass is 10.0. The van der Waals surface area contributed by atoms with Crippen molar-refractivity contribution in [1.82, 2.24) is 20.5 Å². The van der Waals surface area contributed by atoms with Crippen LogP contribution in [-0.4, -0.2) is 54.8 Å². The normalized spacial score (nSPS) is 17.2. The van der Waals surface area contributed by atoms with Crippen molar-refractivity contribution in [3.63, 3.8) is 0 Å². The second-order valence-electron chi connectivity index (χ2n) is 6.38. The Balaban J connectivity index is 1.76. The first-order valence-electron chi connectivity index (χ1n) is 8.29. The quantitative estimate of drug-likeness (QED) is 0.797. The summed E-state index contributed by atoms with van der Waals surface area (Å²) in [6, 6.07) is 0.242. The maximum Gasteiger partial charge on any atom is 0.315 e. The number of hydrogen-bond acceptors (Lipinski definition) is 5. The number of nitrogens with zero attached hydrogens (tertiary/aromatic N) is 2. The minimum absolute atomic E-state index is 0.125. The molecule has 23 heavy (non-hydrogen) atoms. The number of hydrogen-bond donors (Lipinski definition) is 2. The summed E-state index contributed by atoms with van der Waals surface area (Å²) >= 11 is 1.57. The summed E-state index contributed by atoms with van der Waals surface area (Å²) in [5.41, 5.74) is 0.997. The van der Waals surface area contributed by atoms with E-state index >= 15 is 0 Å². The number of carbonyl (C=O) groups excluding carboxylic acids is 1. The van der Waals surface area contributed by atoms with Crippen LogP contribution in [0, 0.1) is 12.8 Å². The lowest BCUT2D eigenvalue weighted by molar-refractivity contribution is 0.0129. The summed E-state index contributed by atoms with van der Waals surface area (Å²) in [6.07, 6.45) is 1.08. The maximum absolute atomic E-state index is 12.0. The van der Waals surface area contributed by atoms with Crippen LogP contribution in [0.4, 0.5) is 4.79 Å². The lowest BCUT2D eigenvalue weighted by Crippen LogP contribution is -2.50. The van der Waals surface area contributed by atoms with Crippen molar-refractivity contribution in [3.05, 3.63) is 16.1 Å². The number of amides is 2. The zero-order valence-electron chi connectivity index (χ0n) is 14.3. The average molecular weight is 340 g/mol. The molecule has 1 aliphatic heterocycles. The number of aromatic nitrogens is 1. The van der Waals surface area contributed by atoms with E-state index in [2.05, 4.69) is 34.4 Å². The number of aryl methyl sites for hydroxylation is 1. The van der Waals surface area contributed by atoms with Gasteiger partial charge in [0.25, 0.3) is 0 Å². The molecule has 1 fully saturated rings. The fraction of sp³-hybridized carbons (Fsp3) is 0.750. The van der Waals surface area contributed by atoms with Crippen LogP contribution in [0.5, 0.6) is 0 Å². The van der Waals surface area contributed by atoms with Crippen molar-refractivity contribution >= 4 is 17.4 Å². The standard InChI is InChI=1S/C16H28N4O2S/c1-12(2)8-14(20-4-6-22-7-5-20)9-17-16(21)18-10-15-19-13(3)11-23-15/h11-12,14H,4-10H2,1-3H3,(H2,17,18,21)/t14-/m0/s1. The smallest absolute Gasteiger partial charge is 0.315 e. The highest BCUT2D eigenvalue weighted by Crippen LogP contribution is 2.13. The van der Waals surface area contributed by atoms with Crippen LogP contribution in [-0.2, 0) is 11.3 Å². The SMILES string of the molecule is Cc1csc(CNC(=O)NC[C@H](CC(C)C)N2CCOCC2)n1. The van der Waals surface area contributed by atoms with Crippen molar-refractivity contribution in [3.8, 4) is 0 Å². The highest BCUT2D eigenvalue weighted by Gasteiger charge is 2.22. The second-order valence-corrected chi connectivity index (χ2v) is 7.32. The van der Waals surface area contributed by atoms with Crippen molar-refractivity contribution in [2.45, 2.75) is 39.8 Å². The lowest BCUT2D eigenvalue weighted by Gasteiger charge is -2.35. The molecule has 0 bridgehead atoms. The number of ether oxygens (including phenoxy) is 1. The second kappa shape index (κ2) is 9.20. The largest absolute Gasteiger partial charge is 0.379 e. The van der Waals surface area contributed by atoms with E-state index in [1.54, 1.807) is 11.3 Å². The molecule has 7 heteroatoms. The fourth-order valence-electron chi connectivity index (χ4n) is 2.76. The molecular weight excluding hydrogens is 312 g/mol. The van der Waals surface area contributed by atoms with Crippen LogP contribution < -0.4 is 10.6 Å². The van der Waals surface area contributed by atoms with E-state index < -0.39 is 0 Å². The first-order chi connectivity index (χ1) is 11.0. The van der Waals surface area contributed by atoms with Crippen LogP contribution in [0.1, 0.15) is 31.0 Å². The van der Waals surface area contributed by atoms with Crippen molar-refractivity contribution < 1.29 is 9.53 Å². The van der Waals surface area contributed by atoms with E-state index in [4.69, 9.17) is 4.74 Å². The number of thiazole rings is 1. The van der Waals surface area contributed by atoms with E-state index in [1.807, 2.05) is 12.3 Å². The molecule has 0 aliphatic carbocycles. The summed E-state index contributed by atoms with van der Waals surface area (Å²) < 4.78 is 5.42. The average Bonchev–Trinajstić information content (AvgIpc) is 2.95. The van der Waals surface area contributed by atoms with Gasteiger partial charge >= 0.3 is 6.03 Å². The Labute approximate surface area is 142 Å². The Bertz CT molecular complexity index is 486. The van der Waals surface area contributed by atoms with Crippen molar-refractivity contribution in [2.24, 2.45) is 5.92 Å². The molecule has 0 radical (unpaired) electrons. The van der Waals surface area contributed by atoms with E-state index in [9.17, 15) is 4.79 Å². The Morgan fingerprint density at radius 1 is 1.39 bits per heavy atom. The summed E-state index contributed by atoms with van der Waals surface area (Å²) in [5, 5.41) is 8.81. The van der Waals surface area contributed by atoms with Crippen LogP contribution in [0.15, 0.2) is 5.38 Å². The van der Waals surface area contributed by atoms with Gasteiger partial charge in [-0.1, -0.05) is 13.8 Å². The molecule has 6 nitrogen and oxygen atoms in total. The minimum Gasteiger partial charge on any atom is -0.379 e. The molecule has 1 saturated heterocycles. The Morgan fingerprint density at radius 2 is 2.13 bits per heavy atom. The predicted octanol–water partition coefficient (Wildman–Crippen LogP) is 2.00. The highest BCUT2D eigenvalue weighted by atomic mass is 32.1. The van der Waals surface area contributed by atoms with Crippen molar-refractivity contribution in [2.75, 3.05) is 32.8 Å². The zero-order chi connectivity index (χ0) is 16.7. The van der Waals surface area contributed by atoms with Gasteiger partial charge in [-0.25, -0.2) is 9.78 Å². The summed E-state index contributed by atoms with van der Waals surface area (Å²) in [7, 11) is 0. The van der Waals surface area contributed by atoms with Gasteiger partial charge in [0.1, 0.15) is 5.01 Å². The van der Waals surface area contributed by atoms with E-state index in [0.717, 1.165) is 43.4 Å². The van der Waals surface area contributed by atoms with E-state index in [0.29, 0.717) is 25.0 Å². The molecule has 130 valence electrons. The van der Waals surface area contributed by atoms with Gasteiger partial charge in [-0.05, 0) is 19.3 Å². The van der Waals surface area contributed by atoms with Gasteiger partial charge in [-0.3, -0.25) is 4.90 Å². The molecule has 1 atom stereocenters. The van der Waals surface area contributed by atoms with Gasteiger partial charge < -0.3 is 15.4 Å². The Hall–Kier alpha value is -1.18. The summed E-state index contributed by atoms with van der Waals surface area (Å²) in [5.74, 6) is 0.603. The molecule has 1 aromatic rings. The molecule has 0 saturated carbocycles. The number of nitrogens with one attached hydrogen (secondary N) is 2. The zero-order valence-corrected chi connectivity index (χ0v) is 15.1. The number of urea groups is 1. The number of rotatable bonds is 7. The van der Waals surface area contributed by atoms with Gasteiger partial charge in [-0.2, -0.15) is 0 Å². The summed E-state index contributed by atoms with van der Waals surface area (Å²) in [6.45, 7) is 11.0. The van der Waals surface area contributed by atoms with Gasteiger partial charge in [0, 0.05) is 36.8 Å². The first-order valence-corrected chi connectivity index (χ1v) is 9.17. The van der Waals surface area contributed by atoms with Gasteiger partial charge in [0.2, 0.25) is 0 Å². The van der Waals surface area contributed by atoms with Crippen LogP contribution in [0.2, 0.25) is 0 Å². The fourth-order valence-corrected chi connectivity index (χ4v) is 3.47. The third-order valence-corrected chi connectivity index (χ3v) is 4.84. The van der Waals surface area contributed by atoms with E-state index in [-0.39, 0.29) is 6.03 Å². The van der Waals surface area contributed by atoms with Gasteiger partial charge in [0.05, 0.1) is 19.8 Å². The molecule has 0 unspecified atom stereocenters. The molecule has 2 amide bonds. The number of morpholine rings is 1. The highest BCUT2D eigenvalue weighted by molar-refractivity contribution is 7.09. The molecule has 1 aromatic heterocycles. The summed E-state index contributed by atoms with van der Waals surface area (Å²) in [4.78, 5) is 18.8. The molecule has 0 spiro atoms.